The number of ketones is 1. The molecule has 1 unspecified atom stereocenters. The SMILES string of the molecule is CCC(=O)C(C)N1CCOCC1=O. The molecule has 1 amide bonds. The van der Waals surface area contributed by atoms with Gasteiger partial charge in [0.15, 0.2) is 5.78 Å². The summed E-state index contributed by atoms with van der Waals surface area (Å²) in [6, 6.07) is -0.290. The lowest BCUT2D eigenvalue weighted by atomic mass is 10.1. The number of nitrogens with zero attached hydrogens (tertiary/aromatic N) is 1. The topological polar surface area (TPSA) is 46.6 Å². The van der Waals surface area contributed by atoms with Crippen LogP contribution in [0, 0.1) is 0 Å². The van der Waals surface area contributed by atoms with Gasteiger partial charge in [0.05, 0.1) is 12.6 Å². The molecule has 4 nitrogen and oxygen atoms in total. The lowest BCUT2D eigenvalue weighted by molar-refractivity contribution is -0.149. The quantitative estimate of drug-likeness (QED) is 0.631. The number of ether oxygens (including phenoxy) is 1. The van der Waals surface area contributed by atoms with E-state index in [-0.39, 0.29) is 24.3 Å². The molecular weight excluding hydrogens is 170 g/mol. The highest BCUT2D eigenvalue weighted by Gasteiger charge is 2.26. The van der Waals surface area contributed by atoms with Crippen molar-refractivity contribution in [3.63, 3.8) is 0 Å². The first kappa shape index (κ1) is 10.2. The molecule has 1 aliphatic heterocycles. The molecule has 13 heavy (non-hydrogen) atoms. The minimum absolute atomic E-state index is 0.0828. The van der Waals surface area contributed by atoms with Crippen LogP contribution in [0.2, 0.25) is 0 Å². The van der Waals surface area contributed by atoms with Crippen LogP contribution >= 0.6 is 0 Å². The minimum Gasteiger partial charge on any atom is -0.370 e. The maximum atomic E-state index is 11.3. The number of Topliss-reactive ketones (excluding diaryl/α,β-unsaturated/α-hetero) is 1. The van der Waals surface area contributed by atoms with Crippen molar-refractivity contribution in [3.8, 4) is 0 Å². The predicted molar refractivity (Wildman–Crippen MR) is 47.3 cm³/mol. The molecule has 0 aromatic carbocycles. The molecule has 0 aliphatic carbocycles. The first-order chi connectivity index (χ1) is 6.16. The zero-order valence-corrected chi connectivity index (χ0v) is 8.08. The molecule has 0 aromatic heterocycles. The summed E-state index contributed by atoms with van der Waals surface area (Å²) in [6.07, 6.45) is 0.478. The third-order valence-electron chi connectivity index (χ3n) is 2.30. The van der Waals surface area contributed by atoms with Gasteiger partial charge in [-0.3, -0.25) is 9.59 Å². The van der Waals surface area contributed by atoms with E-state index in [9.17, 15) is 9.59 Å². The van der Waals surface area contributed by atoms with Crippen molar-refractivity contribution in [1.29, 1.82) is 0 Å². The van der Waals surface area contributed by atoms with Gasteiger partial charge < -0.3 is 9.64 Å². The highest BCUT2D eigenvalue weighted by atomic mass is 16.5. The van der Waals surface area contributed by atoms with E-state index in [2.05, 4.69) is 0 Å². The first-order valence-corrected chi connectivity index (χ1v) is 4.56. The molecular formula is C9H15NO3. The lowest BCUT2D eigenvalue weighted by Crippen LogP contribution is -2.49. The summed E-state index contributed by atoms with van der Waals surface area (Å²) in [5, 5.41) is 0. The van der Waals surface area contributed by atoms with Crippen LogP contribution in [-0.4, -0.2) is 42.4 Å². The van der Waals surface area contributed by atoms with E-state index in [1.807, 2.05) is 6.92 Å². The maximum absolute atomic E-state index is 11.3. The summed E-state index contributed by atoms with van der Waals surface area (Å²) in [5.41, 5.74) is 0. The molecule has 0 radical (unpaired) electrons. The summed E-state index contributed by atoms with van der Waals surface area (Å²) in [7, 11) is 0. The second kappa shape index (κ2) is 4.37. The van der Waals surface area contributed by atoms with Crippen LogP contribution in [0.15, 0.2) is 0 Å². The van der Waals surface area contributed by atoms with E-state index in [1.54, 1.807) is 11.8 Å². The Morgan fingerprint density at radius 2 is 2.38 bits per heavy atom. The van der Waals surface area contributed by atoms with Crippen molar-refractivity contribution in [2.45, 2.75) is 26.3 Å². The van der Waals surface area contributed by atoms with Gasteiger partial charge in [-0.25, -0.2) is 0 Å². The van der Waals surface area contributed by atoms with Crippen LogP contribution in [0.25, 0.3) is 0 Å². The molecule has 0 N–H and O–H groups in total. The predicted octanol–water partition coefficient (Wildman–Crippen LogP) is 0.213. The number of hydrogen-bond acceptors (Lipinski definition) is 3. The average molecular weight is 185 g/mol. The molecule has 0 saturated carbocycles. The Bertz CT molecular complexity index is 215. The number of carbonyl (C=O) groups is 2. The standard InChI is InChI=1S/C9H15NO3/c1-3-8(11)7(2)10-4-5-13-6-9(10)12/h7H,3-6H2,1-2H3. The smallest absolute Gasteiger partial charge is 0.249 e. The third-order valence-corrected chi connectivity index (χ3v) is 2.30. The van der Waals surface area contributed by atoms with Gasteiger partial charge in [0.1, 0.15) is 6.61 Å². The summed E-state index contributed by atoms with van der Waals surface area (Å²) in [4.78, 5) is 24.2. The van der Waals surface area contributed by atoms with Gasteiger partial charge in [0.2, 0.25) is 5.91 Å². The Labute approximate surface area is 77.8 Å². The fourth-order valence-electron chi connectivity index (χ4n) is 1.41. The summed E-state index contributed by atoms with van der Waals surface area (Å²) in [6.45, 7) is 4.76. The molecule has 1 rings (SSSR count). The Hall–Kier alpha value is -0.900. The largest absolute Gasteiger partial charge is 0.370 e. The van der Waals surface area contributed by atoms with Crippen molar-refractivity contribution in [2.24, 2.45) is 0 Å². The normalized spacial score (nSPS) is 20.2. The van der Waals surface area contributed by atoms with Crippen LogP contribution in [0.4, 0.5) is 0 Å². The van der Waals surface area contributed by atoms with Gasteiger partial charge in [-0.1, -0.05) is 6.92 Å². The van der Waals surface area contributed by atoms with Crippen molar-refractivity contribution in [2.75, 3.05) is 19.8 Å². The Morgan fingerprint density at radius 3 is 2.92 bits per heavy atom. The summed E-state index contributed by atoms with van der Waals surface area (Å²) >= 11 is 0. The summed E-state index contributed by atoms with van der Waals surface area (Å²) < 4.78 is 4.97. The third kappa shape index (κ3) is 2.28. The fraction of sp³-hybridized carbons (Fsp3) is 0.778. The molecule has 1 fully saturated rings. The molecule has 1 aliphatic rings. The zero-order valence-electron chi connectivity index (χ0n) is 8.08. The number of carbonyl (C=O) groups excluding carboxylic acids is 2. The number of morpholine rings is 1. The van der Waals surface area contributed by atoms with Crippen molar-refractivity contribution >= 4 is 11.7 Å². The van der Waals surface area contributed by atoms with Crippen LogP contribution < -0.4 is 0 Å². The number of amides is 1. The second-order valence-electron chi connectivity index (χ2n) is 3.14. The fourth-order valence-corrected chi connectivity index (χ4v) is 1.41. The average Bonchev–Trinajstić information content (AvgIpc) is 2.16. The summed E-state index contributed by atoms with van der Waals surface area (Å²) in [5.74, 6) is 0.0239. The molecule has 74 valence electrons. The maximum Gasteiger partial charge on any atom is 0.249 e. The van der Waals surface area contributed by atoms with E-state index in [1.165, 1.54) is 0 Å². The molecule has 4 heteroatoms. The van der Waals surface area contributed by atoms with Crippen molar-refractivity contribution in [3.05, 3.63) is 0 Å². The molecule has 1 saturated heterocycles. The van der Waals surface area contributed by atoms with E-state index in [0.717, 1.165) is 0 Å². The Morgan fingerprint density at radius 1 is 1.69 bits per heavy atom. The highest BCUT2D eigenvalue weighted by Crippen LogP contribution is 2.07. The van der Waals surface area contributed by atoms with E-state index in [0.29, 0.717) is 19.6 Å². The zero-order chi connectivity index (χ0) is 9.84. The van der Waals surface area contributed by atoms with E-state index >= 15 is 0 Å². The molecule has 0 spiro atoms. The van der Waals surface area contributed by atoms with Crippen LogP contribution in [0.1, 0.15) is 20.3 Å². The van der Waals surface area contributed by atoms with Gasteiger partial charge in [-0.05, 0) is 6.92 Å². The number of hydrogen-bond donors (Lipinski definition) is 0. The Kier molecular flexibility index (Phi) is 3.42. The van der Waals surface area contributed by atoms with Crippen molar-refractivity contribution < 1.29 is 14.3 Å². The van der Waals surface area contributed by atoms with Crippen molar-refractivity contribution in [1.82, 2.24) is 4.90 Å². The monoisotopic (exact) mass is 185 g/mol. The minimum atomic E-state index is -0.290. The van der Waals surface area contributed by atoms with Crippen LogP contribution in [0.5, 0.6) is 0 Å². The van der Waals surface area contributed by atoms with Gasteiger partial charge in [-0.2, -0.15) is 0 Å². The molecule has 0 bridgehead atoms. The number of rotatable bonds is 3. The Balaban J connectivity index is 2.58. The van der Waals surface area contributed by atoms with Crippen LogP contribution in [-0.2, 0) is 14.3 Å². The van der Waals surface area contributed by atoms with E-state index in [4.69, 9.17) is 4.74 Å². The molecule has 0 aromatic rings. The first-order valence-electron chi connectivity index (χ1n) is 4.56. The highest BCUT2D eigenvalue weighted by molar-refractivity contribution is 5.89. The van der Waals surface area contributed by atoms with Gasteiger partial charge in [-0.15, -0.1) is 0 Å². The lowest BCUT2D eigenvalue weighted by Gasteiger charge is -2.31. The van der Waals surface area contributed by atoms with Crippen LogP contribution in [0.3, 0.4) is 0 Å². The molecule has 1 atom stereocenters. The van der Waals surface area contributed by atoms with Gasteiger partial charge >= 0.3 is 0 Å². The van der Waals surface area contributed by atoms with E-state index < -0.39 is 0 Å². The second-order valence-corrected chi connectivity index (χ2v) is 3.14. The molecule has 1 heterocycles. The van der Waals surface area contributed by atoms with Gasteiger partial charge in [0.25, 0.3) is 0 Å². The van der Waals surface area contributed by atoms with Gasteiger partial charge in [0, 0.05) is 13.0 Å².